The van der Waals surface area contributed by atoms with Crippen LogP contribution in [-0.2, 0) is 4.79 Å². The maximum absolute atomic E-state index is 13.5. The van der Waals surface area contributed by atoms with Crippen molar-refractivity contribution in [1.82, 2.24) is 10.2 Å². The van der Waals surface area contributed by atoms with Crippen LogP contribution in [0.15, 0.2) is 0 Å². The lowest BCUT2D eigenvalue weighted by atomic mass is 9.93. The van der Waals surface area contributed by atoms with Gasteiger partial charge in [-0.2, -0.15) is 0 Å². The molecule has 0 bridgehead atoms. The van der Waals surface area contributed by atoms with Crippen LogP contribution in [-0.4, -0.2) is 42.4 Å². The van der Waals surface area contributed by atoms with Crippen molar-refractivity contribution in [2.24, 2.45) is 5.92 Å². The predicted octanol–water partition coefficient (Wildman–Crippen LogP) is 0.852. The van der Waals surface area contributed by atoms with Gasteiger partial charge in [-0.15, -0.1) is 0 Å². The van der Waals surface area contributed by atoms with E-state index >= 15 is 0 Å². The van der Waals surface area contributed by atoms with Crippen LogP contribution in [0.25, 0.3) is 0 Å². The second kappa shape index (κ2) is 3.70. The first-order valence-electron chi connectivity index (χ1n) is 5.40. The Labute approximate surface area is 87.8 Å². The number of hydrogen-bond donors (Lipinski definition) is 1. The summed E-state index contributed by atoms with van der Waals surface area (Å²) in [6.45, 7) is 2.52. The third-order valence-electron chi connectivity index (χ3n) is 3.44. The van der Waals surface area contributed by atoms with E-state index in [4.69, 9.17) is 0 Å². The fraction of sp³-hybridized carbons (Fsp3) is 0.900. The monoisotopic (exact) mass is 218 g/mol. The maximum Gasteiger partial charge on any atom is 0.263 e. The molecule has 0 saturated carbocycles. The summed E-state index contributed by atoms with van der Waals surface area (Å²) in [5.74, 6) is -3.32. The molecule has 0 aromatic rings. The Hall–Kier alpha value is -0.710. The summed E-state index contributed by atoms with van der Waals surface area (Å²) in [5, 5.41) is 2.68. The minimum atomic E-state index is -2.65. The first-order chi connectivity index (χ1) is 7.00. The molecule has 0 aliphatic carbocycles. The smallest absolute Gasteiger partial charge is 0.263 e. The summed E-state index contributed by atoms with van der Waals surface area (Å²) in [6, 6.07) is -0.330. The van der Waals surface area contributed by atoms with Crippen molar-refractivity contribution in [3.63, 3.8) is 0 Å². The van der Waals surface area contributed by atoms with Crippen molar-refractivity contribution in [2.75, 3.05) is 19.6 Å². The highest BCUT2D eigenvalue weighted by Crippen LogP contribution is 2.33. The Morgan fingerprint density at radius 1 is 1.47 bits per heavy atom. The van der Waals surface area contributed by atoms with Gasteiger partial charge in [-0.3, -0.25) is 9.69 Å². The molecule has 2 heterocycles. The van der Waals surface area contributed by atoms with E-state index in [1.54, 1.807) is 11.8 Å². The van der Waals surface area contributed by atoms with E-state index in [1.165, 1.54) is 0 Å². The van der Waals surface area contributed by atoms with Gasteiger partial charge >= 0.3 is 0 Å². The molecule has 0 radical (unpaired) electrons. The second-order valence-electron chi connectivity index (χ2n) is 4.52. The Bertz CT molecular complexity index is 270. The molecule has 15 heavy (non-hydrogen) atoms. The molecule has 2 aliphatic rings. The zero-order chi connectivity index (χ0) is 11.1. The first-order valence-corrected chi connectivity index (χ1v) is 5.40. The van der Waals surface area contributed by atoms with Crippen LogP contribution in [0, 0.1) is 5.92 Å². The molecule has 5 heteroatoms. The van der Waals surface area contributed by atoms with Crippen LogP contribution in [0.2, 0.25) is 0 Å². The van der Waals surface area contributed by atoms with Crippen LogP contribution >= 0.6 is 0 Å². The third kappa shape index (κ3) is 1.97. The highest BCUT2D eigenvalue weighted by Gasteiger charge is 2.45. The minimum absolute atomic E-state index is 0.0969. The highest BCUT2D eigenvalue weighted by molar-refractivity contribution is 5.83. The van der Waals surface area contributed by atoms with Gasteiger partial charge in [-0.05, 0) is 19.4 Å². The zero-order valence-corrected chi connectivity index (χ0v) is 8.80. The van der Waals surface area contributed by atoms with E-state index in [1.807, 2.05) is 0 Å². The summed E-state index contributed by atoms with van der Waals surface area (Å²) in [5.41, 5.74) is 0. The van der Waals surface area contributed by atoms with Crippen molar-refractivity contribution in [2.45, 2.75) is 31.7 Å². The van der Waals surface area contributed by atoms with Gasteiger partial charge in [0.05, 0.1) is 12.6 Å². The fourth-order valence-electron chi connectivity index (χ4n) is 2.27. The van der Waals surface area contributed by atoms with Gasteiger partial charge in [-0.1, -0.05) is 6.92 Å². The molecule has 2 rings (SSSR count). The van der Waals surface area contributed by atoms with Crippen LogP contribution in [0.4, 0.5) is 8.78 Å². The van der Waals surface area contributed by atoms with E-state index in [9.17, 15) is 13.6 Å². The number of rotatable bonds is 1. The number of nitrogens with zero attached hydrogens (tertiary/aromatic N) is 1. The second-order valence-corrected chi connectivity index (χ2v) is 4.52. The molecule has 2 aliphatic heterocycles. The number of hydrogen-bond acceptors (Lipinski definition) is 2. The summed E-state index contributed by atoms with van der Waals surface area (Å²) < 4.78 is 26.9. The van der Waals surface area contributed by atoms with Gasteiger partial charge in [0.15, 0.2) is 0 Å². The average Bonchev–Trinajstić information content (AvgIpc) is 2.56. The van der Waals surface area contributed by atoms with Crippen LogP contribution < -0.4 is 5.32 Å². The summed E-state index contributed by atoms with van der Waals surface area (Å²) in [6.07, 6.45) is 1.13. The fourth-order valence-corrected chi connectivity index (χ4v) is 2.27. The molecular formula is C10H16F2N2O. The molecule has 86 valence electrons. The number of halogens is 2. The molecule has 3 nitrogen and oxygen atoms in total. The number of alkyl halides is 2. The van der Waals surface area contributed by atoms with Gasteiger partial charge in [0.25, 0.3) is 5.92 Å². The van der Waals surface area contributed by atoms with Crippen LogP contribution in [0.5, 0.6) is 0 Å². The van der Waals surface area contributed by atoms with Crippen LogP contribution in [0.1, 0.15) is 19.8 Å². The minimum Gasteiger partial charge on any atom is -0.355 e. The molecular weight excluding hydrogens is 202 g/mol. The number of piperidine rings is 1. The van der Waals surface area contributed by atoms with E-state index in [0.29, 0.717) is 25.9 Å². The topological polar surface area (TPSA) is 32.3 Å². The Balaban J connectivity index is 2.03. The summed E-state index contributed by atoms with van der Waals surface area (Å²) in [7, 11) is 0. The first kappa shape index (κ1) is 10.8. The summed E-state index contributed by atoms with van der Waals surface area (Å²) in [4.78, 5) is 13.0. The molecule has 2 fully saturated rings. The molecule has 0 aromatic heterocycles. The lowest BCUT2D eigenvalue weighted by Gasteiger charge is -2.38. The highest BCUT2D eigenvalue weighted by atomic mass is 19.3. The van der Waals surface area contributed by atoms with Gasteiger partial charge in [0, 0.05) is 12.5 Å². The zero-order valence-electron chi connectivity index (χ0n) is 8.80. The maximum atomic E-state index is 13.5. The van der Waals surface area contributed by atoms with Crippen molar-refractivity contribution in [1.29, 1.82) is 0 Å². The number of amides is 1. The van der Waals surface area contributed by atoms with E-state index in [-0.39, 0.29) is 18.5 Å². The van der Waals surface area contributed by atoms with E-state index in [2.05, 4.69) is 5.32 Å². The predicted molar refractivity (Wildman–Crippen MR) is 51.7 cm³/mol. The van der Waals surface area contributed by atoms with Gasteiger partial charge in [-0.25, -0.2) is 8.78 Å². The standard InChI is InChI=1S/C10H16F2N2O/c1-7-3-5-14(6-10(7,11)12)8-2-4-13-9(8)15/h7-8H,2-6H2,1H3,(H,13,15)/t7-,8-/m1/s1. The molecule has 2 saturated heterocycles. The third-order valence-corrected chi connectivity index (χ3v) is 3.44. The number of likely N-dealkylation sites (tertiary alicyclic amines) is 1. The number of carbonyl (C=O) groups excluding carboxylic acids is 1. The van der Waals surface area contributed by atoms with Crippen molar-refractivity contribution in [3.8, 4) is 0 Å². The van der Waals surface area contributed by atoms with Crippen molar-refractivity contribution >= 4 is 5.91 Å². The number of nitrogens with one attached hydrogen (secondary N) is 1. The number of carbonyl (C=O) groups is 1. The van der Waals surface area contributed by atoms with Crippen molar-refractivity contribution < 1.29 is 13.6 Å². The lowest BCUT2D eigenvalue weighted by molar-refractivity contribution is -0.134. The summed E-state index contributed by atoms with van der Waals surface area (Å²) >= 11 is 0. The molecule has 1 N–H and O–H groups in total. The molecule has 0 aromatic carbocycles. The van der Waals surface area contributed by atoms with Gasteiger partial charge in [0.1, 0.15) is 0 Å². The van der Waals surface area contributed by atoms with Gasteiger partial charge in [0.2, 0.25) is 5.91 Å². The molecule has 2 atom stereocenters. The Morgan fingerprint density at radius 2 is 2.20 bits per heavy atom. The normalized spacial score (nSPS) is 36.6. The van der Waals surface area contributed by atoms with E-state index in [0.717, 1.165) is 0 Å². The van der Waals surface area contributed by atoms with Crippen LogP contribution in [0.3, 0.4) is 0 Å². The Kier molecular flexibility index (Phi) is 2.66. The van der Waals surface area contributed by atoms with Crippen molar-refractivity contribution in [3.05, 3.63) is 0 Å². The van der Waals surface area contributed by atoms with Gasteiger partial charge < -0.3 is 5.32 Å². The average molecular weight is 218 g/mol. The molecule has 1 amide bonds. The molecule has 0 spiro atoms. The lowest BCUT2D eigenvalue weighted by Crippen LogP contribution is -2.53. The molecule has 0 unspecified atom stereocenters. The Morgan fingerprint density at radius 3 is 2.73 bits per heavy atom. The quantitative estimate of drug-likeness (QED) is 0.707. The van der Waals surface area contributed by atoms with E-state index < -0.39 is 11.8 Å². The largest absolute Gasteiger partial charge is 0.355 e. The SMILES string of the molecule is C[C@@H]1CCN([C@@H]2CCNC2=O)CC1(F)F.